The van der Waals surface area contributed by atoms with Gasteiger partial charge in [-0.1, -0.05) is 13.0 Å². The number of benzene rings is 2. The molecule has 1 aliphatic heterocycles. The average molecular weight is 550 g/mol. The van der Waals surface area contributed by atoms with Gasteiger partial charge in [-0.25, -0.2) is 9.79 Å². The van der Waals surface area contributed by atoms with Gasteiger partial charge in [0.15, 0.2) is 17.2 Å². The van der Waals surface area contributed by atoms with E-state index in [1.54, 1.807) is 25.1 Å². The van der Waals surface area contributed by atoms with Crippen molar-refractivity contribution in [2.45, 2.75) is 26.7 Å². The topological polar surface area (TPSA) is 117 Å². The van der Waals surface area contributed by atoms with Crippen molar-refractivity contribution in [3.8, 4) is 11.5 Å². The van der Waals surface area contributed by atoms with Crippen LogP contribution in [0.25, 0.3) is 6.08 Å². The molecule has 9 nitrogen and oxygen atoms in total. The summed E-state index contributed by atoms with van der Waals surface area (Å²) >= 11 is 2.01. The van der Waals surface area contributed by atoms with Gasteiger partial charge in [0.2, 0.25) is 5.90 Å². The molecule has 0 aliphatic carbocycles. The summed E-state index contributed by atoms with van der Waals surface area (Å²) in [6.45, 7) is 3.45. The van der Waals surface area contributed by atoms with Crippen LogP contribution in [0.1, 0.15) is 36.5 Å². The van der Waals surface area contributed by atoms with Crippen LogP contribution >= 0.6 is 22.6 Å². The molecule has 0 bridgehead atoms. The molecule has 0 atom stereocenters. The number of carbonyl (C=O) groups excluding carboxylic acids is 2. The summed E-state index contributed by atoms with van der Waals surface area (Å²) in [4.78, 5) is 39.2. The van der Waals surface area contributed by atoms with Gasteiger partial charge in [-0.3, -0.25) is 14.9 Å². The minimum atomic E-state index is -0.682. The molecule has 32 heavy (non-hydrogen) atoms. The lowest BCUT2D eigenvalue weighted by Gasteiger charge is -2.12. The number of nitro benzene ring substituents is 1. The summed E-state index contributed by atoms with van der Waals surface area (Å²) in [5.41, 5.74) is 1.22. The SMILES string of the molecule is CCCC(=O)Oc1c(I)cc(/C=C2\N=C(c3cccc([N+](=O)[O-])c3C)OC2=O)cc1OC. The van der Waals surface area contributed by atoms with E-state index in [9.17, 15) is 19.7 Å². The maximum atomic E-state index is 12.4. The molecule has 0 N–H and O–H groups in total. The average Bonchev–Trinajstić information content (AvgIpc) is 3.09. The number of esters is 2. The Morgan fingerprint density at radius 1 is 1.34 bits per heavy atom. The van der Waals surface area contributed by atoms with Crippen molar-refractivity contribution in [3.05, 3.63) is 66.4 Å². The molecule has 2 aromatic carbocycles. The Morgan fingerprint density at radius 3 is 2.75 bits per heavy atom. The number of aliphatic imine (C=N–C) groups is 1. The summed E-state index contributed by atoms with van der Waals surface area (Å²) in [6, 6.07) is 7.80. The molecule has 0 saturated carbocycles. The minimum absolute atomic E-state index is 0.00534. The maximum Gasteiger partial charge on any atom is 0.363 e. The normalized spacial score (nSPS) is 14.2. The third-order valence-electron chi connectivity index (χ3n) is 4.58. The van der Waals surface area contributed by atoms with Crippen molar-refractivity contribution in [2.75, 3.05) is 7.11 Å². The fourth-order valence-electron chi connectivity index (χ4n) is 3.03. The second kappa shape index (κ2) is 9.90. The van der Waals surface area contributed by atoms with Crippen LogP contribution in [0.5, 0.6) is 11.5 Å². The Hall–Kier alpha value is -3.28. The molecule has 166 valence electrons. The Labute approximate surface area is 197 Å². The first kappa shape index (κ1) is 23.4. The summed E-state index contributed by atoms with van der Waals surface area (Å²) in [5.74, 6) is -0.416. The molecule has 0 spiro atoms. The first-order valence-electron chi connectivity index (χ1n) is 9.60. The highest BCUT2D eigenvalue weighted by molar-refractivity contribution is 14.1. The second-order valence-corrected chi connectivity index (χ2v) is 7.96. The van der Waals surface area contributed by atoms with E-state index in [2.05, 4.69) is 4.99 Å². The van der Waals surface area contributed by atoms with Gasteiger partial charge in [0.1, 0.15) is 0 Å². The molecule has 0 fully saturated rings. The number of carbonyl (C=O) groups is 2. The number of hydrogen-bond donors (Lipinski definition) is 0. The first-order chi connectivity index (χ1) is 15.2. The number of nitrogens with zero attached hydrogens (tertiary/aromatic N) is 2. The quantitative estimate of drug-likeness (QED) is 0.124. The third-order valence-corrected chi connectivity index (χ3v) is 5.38. The standard InChI is InChI=1S/C22H19IN2O7/c1-4-6-19(26)31-20-15(23)9-13(11-18(20)30-3)10-16-22(27)32-21(24-16)14-7-5-8-17(12(14)2)25(28)29/h5,7-11H,4,6H2,1-3H3/b16-10-. The van der Waals surface area contributed by atoms with Gasteiger partial charge in [-0.2, -0.15) is 0 Å². The fourth-order valence-corrected chi connectivity index (χ4v) is 3.76. The number of nitro groups is 1. The molecular formula is C22H19IN2O7. The summed E-state index contributed by atoms with van der Waals surface area (Å²) in [5, 5.41) is 11.2. The molecule has 3 rings (SSSR count). The maximum absolute atomic E-state index is 12.4. The summed E-state index contributed by atoms with van der Waals surface area (Å²) in [6.07, 6.45) is 2.45. The predicted octanol–water partition coefficient (Wildman–Crippen LogP) is 4.57. The Morgan fingerprint density at radius 2 is 2.09 bits per heavy atom. The molecule has 0 aromatic heterocycles. The molecule has 2 aromatic rings. The Bertz CT molecular complexity index is 1170. The molecule has 0 radical (unpaired) electrons. The Balaban J connectivity index is 1.96. The zero-order valence-electron chi connectivity index (χ0n) is 17.5. The molecule has 10 heteroatoms. The monoisotopic (exact) mass is 550 g/mol. The highest BCUT2D eigenvalue weighted by Crippen LogP contribution is 2.35. The van der Waals surface area contributed by atoms with Gasteiger partial charge in [-0.05, 0) is 65.8 Å². The lowest BCUT2D eigenvalue weighted by Crippen LogP contribution is -2.09. The summed E-state index contributed by atoms with van der Waals surface area (Å²) < 4.78 is 16.6. The van der Waals surface area contributed by atoms with E-state index in [0.717, 1.165) is 0 Å². The number of ether oxygens (including phenoxy) is 3. The van der Waals surface area contributed by atoms with Crippen molar-refractivity contribution < 1.29 is 28.7 Å². The highest BCUT2D eigenvalue weighted by atomic mass is 127. The lowest BCUT2D eigenvalue weighted by atomic mass is 10.1. The van der Waals surface area contributed by atoms with E-state index in [0.29, 0.717) is 38.2 Å². The van der Waals surface area contributed by atoms with Gasteiger partial charge in [0, 0.05) is 23.6 Å². The number of rotatable bonds is 7. The molecule has 0 amide bonds. The number of halogens is 1. The molecule has 0 saturated heterocycles. The highest BCUT2D eigenvalue weighted by Gasteiger charge is 2.27. The van der Waals surface area contributed by atoms with Gasteiger partial charge in [0.05, 0.1) is 15.6 Å². The zero-order chi connectivity index (χ0) is 23.4. The van der Waals surface area contributed by atoms with Crippen LogP contribution in [-0.2, 0) is 14.3 Å². The zero-order valence-corrected chi connectivity index (χ0v) is 19.7. The van der Waals surface area contributed by atoms with Crippen molar-refractivity contribution >= 4 is 52.2 Å². The van der Waals surface area contributed by atoms with E-state index in [1.165, 1.54) is 25.3 Å². The van der Waals surface area contributed by atoms with Gasteiger partial charge >= 0.3 is 11.9 Å². The van der Waals surface area contributed by atoms with Crippen LogP contribution in [0.2, 0.25) is 0 Å². The smallest absolute Gasteiger partial charge is 0.363 e. The predicted molar refractivity (Wildman–Crippen MR) is 125 cm³/mol. The first-order valence-corrected chi connectivity index (χ1v) is 10.7. The van der Waals surface area contributed by atoms with Gasteiger partial charge < -0.3 is 14.2 Å². The van der Waals surface area contributed by atoms with Crippen LogP contribution < -0.4 is 9.47 Å². The third kappa shape index (κ3) is 4.96. The van der Waals surface area contributed by atoms with Gasteiger partial charge in [0.25, 0.3) is 5.69 Å². The van der Waals surface area contributed by atoms with E-state index in [-0.39, 0.29) is 29.7 Å². The van der Waals surface area contributed by atoms with Crippen molar-refractivity contribution in [1.82, 2.24) is 0 Å². The molecule has 0 unspecified atom stereocenters. The van der Waals surface area contributed by atoms with E-state index in [1.807, 2.05) is 29.5 Å². The van der Waals surface area contributed by atoms with E-state index in [4.69, 9.17) is 14.2 Å². The summed E-state index contributed by atoms with van der Waals surface area (Å²) in [7, 11) is 1.45. The van der Waals surface area contributed by atoms with Crippen LogP contribution in [0.3, 0.4) is 0 Å². The van der Waals surface area contributed by atoms with Crippen LogP contribution in [0.15, 0.2) is 41.0 Å². The van der Waals surface area contributed by atoms with Crippen molar-refractivity contribution in [1.29, 1.82) is 0 Å². The van der Waals surface area contributed by atoms with Gasteiger partial charge in [-0.15, -0.1) is 0 Å². The number of methoxy groups -OCH3 is 1. The molecule has 1 aliphatic rings. The molecule has 1 heterocycles. The number of hydrogen-bond acceptors (Lipinski definition) is 8. The molecular weight excluding hydrogens is 531 g/mol. The van der Waals surface area contributed by atoms with Crippen molar-refractivity contribution in [3.63, 3.8) is 0 Å². The Kier molecular flexibility index (Phi) is 7.23. The van der Waals surface area contributed by atoms with Crippen LogP contribution in [-0.4, -0.2) is 29.9 Å². The minimum Gasteiger partial charge on any atom is -0.493 e. The second-order valence-electron chi connectivity index (χ2n) is 6.80. The van der Waals surface area contributed by atoms with E-state index >= 15 is 0 Å². The largest absolute Gasteiger partial charge is 0.493 e. The lowest BCUT2D eigenvalue weighted by molar-refractivity contribution is -0.385. The van der Waals surface area contributed by atoms with Crippen LogP contribution in [0, 0.1) is 20.6 Å². The van der Waals surface area contributed by atoms with E-state index < -0.39 is 10.9 Å². The number of cyclic esters (lactones) is 1. The fraction of sp³-hybridized carbons (Fsp3) is 0.227. The van der Waals surface area contributed by atoms with Crippen molar-refractivity contribution in [2.24, 2.45) is 4.99 Å². The van der Waals surface area contributed by atoms with Crippen LogP contribution in [0.4, 0.5) is 5.69 Å².